The molecule has 1 atom stereocenters. The highest BCUT2D eigenvalue weighted by Crippen LogP contribution is 2.22. The van der Waals surface area contributed by atoms with Crippen molar-refractivity contribution < 1.29 is 4.39 Å². The Morgan fingerprint density at radius 2 is 1.80 bits per heavy atom. The normalized spacial score (nSPS) is 12.4. The lowest BCUT2D eigenvalue weighted by Crippen LogP contribution is -2.20. The van der Waals surface area contributed by atoms with Gasteiger partial charge in [0.25, 0.3) is 0 Å². The van der Waals surface area contributed by atoms with Crippen molar-refractivity contribution in [2.45, 2.75) is 19.8 Å². The zero-order chi connectivity index (χ0) is 14.5. The lowest BCUT2D eigenvalue weighted by molar-refractivity contribution is 0.531. The van der Waals surface area contributed by atoms with Crippen LogP contribution in [-0.4, -0.2) is 6.54 Å². The Kier molecular flexibility index (Phi) is 5.16. The molecule has 106 valence electrons. The molecule has 1 unspecified atom stereocenters. The largest absolute Gasteiger partial charge is 0.330 e. The van der Waals surface area contributed by atoms with Gasteiger partial charge in [0.15, 0.2) is 0 Å². The number of benzene rings is 2. The maximum atomic E-state index is 13.1. The molecule has 0 saturated heterocycles. The average Bonchev–Trinajstić information content (AvgIpc) is 2.43. The first-order valence-corrected chi connectivity index (χ1v) is 7.16. The molecule has 0 heterocycles. The van der Waals surface area contributed by atoms with E-state index in [0.29, 0.717) is 17.5 Å². The van der Waals surface area contributed by atoms with Crippen molar-refractivity contribution in [1.29, 1.82) is 0 Å². The molecule has 3 heteroatoms. The molecule has 0 aromatic heterocycles. The van der Waals surface area contributed by atoms with Crippen molar-refractivity contribution in [2.75, 3.05) is 6.54 Å². The van der Waals surface area contributed by atoms with Gasteiger partial charge in [-0.3, -0.25) is 0 Å². The summed E-state index contributed by atoms with van der Waals surface area (Å²) in [4.78, 5) is 0. The van der Waals surface area contributed by atoms with Crippen LogP contribution in [0.3, 0.4) is 0 Å². The van der Waals surface area contributed by atoms with Crippen LogP contribution >= 0.6 is 11.6 Å². The van der Waals surface area contributed by atoms with Gasteiger partial charge in [0, 0.05) is 5.02 Å². The fourth-order valence-electron chi connectivity index (χ4n) is 2.39. The monoisotopic (exact) mass is 291 g/mol. The second kappa shape index (κ2) is 6.87. The third-order valence-electron chi connectivity index (χ3n) is 3.63. The van der Waals surface area contributed by atoms with E-state index >= 15 is 0 Å². The third kappa shape index (κ3) is 3.81. The van der Waals surface area contributed by atoms with Gasteiger partial charge in [0.1, 0.15) is 5.82 Å². The minimum Gasteiger partial charge on any atom is -0.330 e. The van der Waals surface area contributed by atoms with Gasteiger partial charge in [-0.25, -0.2) is 4.39 Å². The molecule has 0 aliphatic carbocycles. The van der Waals surface area contributed by atoms with Gasteiger partial charge in [0.2, 0.25) is 0 Å². The Balaban J connectivity index is 2.11. The van der Waals surface area contributed by atoms with Crippen LogP contribution in [0.2, 0.25) is 5.02 Å². The molecule has 2 N–H and O–H groups in total. The van der Waals surface area contributed by atoms with Crippen LogP contribution in [0.15, 0.2) is 42.5 Å². The highest BCUT2D eigenvalue weighted by atomic mass is 35.5. The van der Waals surface area contributed by atoms with E-state index in [1.165, 1.54) is 23.3 Å². The second-order valence-electron chi connectivity index (χ2n) is 5.17. The minimum atomic E-state index is -0.304. The van der Waals surface area contributed by atoms with Crippen LogP contribution in [0.4, 0.5) is 4.39 Å². The highest BCUT2D eigenvalue weighted by Gasteiger charge is 2.12. The molecule has 0 aliphatic rings. The molecule has 20 heavy (non-hydrogen) atoms. The number of nitrogens with two attached hydrogens (primary N) is 1. The number of hydrogen-bond acceptors (Lipinski definition) is 1. The topological polar surface area (TPSA) is 26.0 Å². The number of aryl methyl sites for hydroxylation is 1. The lowest BCUT2D eigenvalue weighted by Gasteiger charge is -2.17. The smallest absolute Gasteiger partial charge is 0.124 e. The van der Waals surface area contributed by atoms with E-state index < -0.39 is 0 Å². The molecule has 2 aromatic carbocycles. The van der Waals surface area contributed by atoms with Gasteiger partial charge in [0.05, 0.1) is 0 Å². The van der Waals surface area contributed by atoms with Crippen LogP contribution in [0, 0.1) is 18.7 Å². The van der Waals surface area contributed by atoms with E-state index in [0.717, 1.165) is 18.4 Å². The molecule has 0 amide bonds. The average molecular weight is 292 g/mol. The summed E-state index contributed by atoms with van der Waals surface area (Å²) in [6, 6.07) is 12.9. The first-order valence-electron chi connectivity index (χ1n) is 6.78. The molecular formula is C17H19ClFN. The van der Waals surface area contributed by atoms with Crippen LogP contribution in [0.5, 0.6) is 0 Å². The Morgan fingerprint density at radius 3 is 2.45 bits per heavy atom. The highest BCUT2D eigenvalue weighted by molar-refractivity contribution is 6.31. The predicted octanol–water partition coefficient (Wildman–Crippen LogP) is 4.15. The van der Waals surface area contributed by atoms with Crippen molar-refractivity contribution in [3.05, 3.63) is 70.0 Å². The van der Waals surface area contributed by atoms with E-state index in [4.69, 9.17) is 17.3 Å². The minimum absolute atomic E-state index is 0.304. The van der Waals surface area contributed by atoms with Crippen LogP contribution in [0.25, 0.3) is 0 Å². The predicted molar refractivity (Wildman–Crippen MR) is 82.5 cm³/mol. The van der Waals surface area contributed by atoms with Gasteiger partial charge < -0.3 is 5.73 Å². The number of hydrogen-bond donors (Lipinski definition) is 1. The van der Waals surface area contributed by atoms with Crippen LogP contribution in [-0.2, 0) is 12.8 Å². The molecule has 0 radical (unpaired) electrons. The zero-order valence-electron chi connectivity index (χ0n) is 11.6. The molecule has 0 saturated carbocycles. The van der Waals surface area contributed by atoms with Crippen molar-refractivity contribution in [2.24, 2.45) is 11.7 Å². The molecule has 2 rings (SSSR count). The quantitative estimate of drug-likeness (QED) is 0.880. The summed E-state index contributed by atoms with van der Waals surface area (Å²) in [5.74, 6) is 0.000938. The summed E-state index contributed by atoms with van der Waals surface area (Å²) in [7, 11) is 0. The first-order chi connectivity index (χ1) is 9.60. The Morgan fingerprint density at radius 1 is 1.10 bits per heavy atom. The molecule has 0 aliphatic heterocycles. The van der Waals surface area contributed by atoms with Crippen molar-refractivity contribution in [1.82, 2.24) is 0 Å². The molecular weight excluding hydrogens is 273 g/mol. The van der Waals surface area contributed by atoms with E-state index in [1.807, 2.05) is 12.1 Å². The second-order valence-corrected chi connectivity index (χ2v) is 5.58. The van der Waals surface area contributed by atoms with E-state index in [-0.39, 0.29) is 5.82 Å². The molecule has 0 bridgehead atoms. The summed E-state index contributed by atoms with van der Waals surface area (Å²) < 4.78 is 13.1. The zero-order valence-corrected chi connectivity index (χ0v) is 12.3. The first kappa shape index (κ1) is 15.0. The Bertz CT molecular complexity index is 583. The summed E-state index contributed by atoms with van der Waals surface area (Å²) in [5, 5.41) is 0.480. The van der Waals surface area contributed by atoms with Crippen molar-refractivity contribution in [3.63, 3.8) is 0 Å². The molecule has 0 fully saturated rings. The van der Waals surface area contributed by atoms with Crippen LogP contribution < -0.4 is 5.73 Å². The molecule has 0 spiro atoms. The van der Waals surface area contributed by atoms with E-state index in [2.05, 4.69) is 19.1 Å². The van der Waals surface area contributed by atoms with Gasteiger partial charge in [-0.05, 0) is 61.1 Å². The fourth-order valence-corrected chi connectivity index (χ4v) is 2.63. The molecule has 2 aromatic rings. The van der Waals surface area contributed by atoms with Gasteiger partial charge in [-0.2, -0.15) is 0 Å². The van der Waals surface area contributed by atoms with Gasteiger partial charge in [-0.1, -0.05) is 41.9 Å². The van der Waals surface area contributed by atoms with E-state index in [1.54, 1.807) is 6.07 Å². The summed E-state index contributed by atoms with van der Waals surface area (Å²) >= 11 is 6.08. The van der Waals surface area contributed by atoms with Crippen molar-refractivity contribution in [3.8, 4) is 0 Å². The van der Waals surface area contributed by atoms with Crippen molar-refractivity contribution >= 4 is 11.6 Å². The van der Waals surface area contributed by atoms with E-state index in [9.17, 15) is 4.39 Å². The van der Waals surface area contributed by atoms with Gasteiger partial charge in [-0.15, -0.1) is 0 Å². The number of halogens is 2. The van der Waals surface area contributed by atoms with Crippen LogP contribution in [0.1, 0.15) is 16.7 Å². The summed E-state index contributed by atoms with van der Waals surface area (Å²) in [6.45, 7) is 2.69. The van der Waals surface area contributed by atoms with Gasteiger partial charge >= 0.3 is 0 Å². The third-order valence-corrected chi connectivity index (χ3v) is 3.98. The molecule has 1 nitrogen and oxygen atoms in total. The summed E-state index contributed by atoms with van der Waals surface area (Å²) in [5.41, 5.74) is 9.42. The standard InChI is InChI=1S/C17H19ClFN/c1-12-4-2-3-5-14(12)8-13(11-20)9-15-6-7-16(19)10-17(15)18/h2-7,10,13H,8-9,11,20H2,1H3. The maximum absolute atomic E-state index is 13.1. The number of rotatable bonds is 5. The maximum Gasteiger partial charge on any atom is 0.124 e. The lowest BCUT2D eigenvalue weighted by atomic mass is 9.91. The SMILES string of the molecule is Cc1ccccc1CC(CN)Cc1ccc(F)cc1Cl. The fraction of sp³-hybridized carbons (Fsp3) is 0.294. The Hall–Kier alpha value is -1.38. The Labute approximate surface area is 124 Å². The summed E-state index contributed by atoms with van der Waals surface area (Å²) in [6.07, 6.45) is 1.68.